The zero-order valence-electron chi connectivity index (χ0n) is 15.3. The average Bonchev–Trinajstić information content (AvgIpc) is 3.18. The van der Waals surface area contributed by atoms with Gasteiger partial charge >= 0.3 is 17.3 Å². The Bertz CT molecular complexity index is 762. The van der Waals surface area contributed by atoms with Crippen LogP contribution in [-0.4, -0.2) is 39.1 Å². The number of carbonyl (C=O) groups excluding carboxylic acids is 2. The normalized spacial score (nSPS) is 32.9. The smallest absolute Gasteiger partial charge is 0.419 e. The first kappa shape index (κ1) is 20.5. The molecule has 4 saturated carbocycles. The number of ether oxygens (including phenoxy) is 2. The molecule has 4 fully saturated rings. The van der Waals surface area contributed by atoms with Gasteiger partial charge in [0.25, 0.3) is 0 Å². The SMILES string of the molecule is O=C(OC12CC3CC(CC(COC(=O)C(F)(F)SOO[O-])(C3)C1)C2)n1ccnc1. The number of alkyl halides is 2. The molecule has 0 aromatic carbocycles. The Balaban J connectivity index is 1.44. The molecule has 5 rings (SSSR count). The van der Waals surface area contributed by atoms with Crippen LogP contribution < -0.4 is 5.26 Å². The van der Waals surface area contributed by atoms with E-state index >= 15 is 0 Å². The summed E-state index contributed by atoms with van der Waals surface area (Å²) < 4.78 is 42.9. The predicted molar refractivity (Wildman–Crippen MR) is 89.6 cm³/mol. The highest BCUT2D eigenvalue weighted by Gasteiger charge is 2.60. The lowest BCUT2D eigenvalue weighted by molar-refractivity contribution is -0.777. The summed E-state index contributed by atoms with van der Waals surface area (Å²) in [6.07, 6.45) is 8.08. The molecule has 0 spiro atoms. The standard InChI is InChI=1S/C17H20F2N2O7S/c18-17(19,29-28-27-24)13(22)25-9-15-4-11-3-12(5-15)7-16(6-11,8-15)26-14(23)21-2-1-20-10-21/h1-2,10-12,24H,3-9H2/p-1. The van der Waals surface area contributed by atoms with Crippen LogP contribution in [0.3, 0.4) is 0 Å². The van der Waals surface area contributed by atoms with E-state index in [0.29, 0.717) is 19.3 Å². The summed E-state index contributed by atoms with van der Waals surface area (Å²) in [5, 5.41) is 8.51. The van der Waals surface area contributed by atoms with Gasteiger partial charge in [0, 0.05) is 17.8 Å². The fourth-order valence-corrected chi connectivity index (χ4v) is 5.89. The third kappa shape index (κ3) is 4.11. The average molecular weight is 433 g/mol. The van der Waals surface area contributed by atoms with Crippen LogP contribution in [0, 0.1) is 17.3 Å². The lowest BCUT2D eigenvalue weighted by atomic mass is 9.48. The van der Waals surface area contributed by atoms with E-state index in [0.717, 1.165) is 19.3 Å². The highest BCUT2D eigenvalue weighted by molar-refractivity contribution is 7.96. The Labute approximate surface area is 168 Å². The molecule has 2 atom stereocenters. The summed E-state index contributed by atoms with van der Waals surface area (Å²) in [5.41, 5.74) is -1.22. The molecule has 0 saturated heterocycles. The van der Waals surface area contributed by atoms with E-state index in [1.807, 2.05) is 0 Å². The van der Waals surface area contributed by atoms with Crippen molar-refractivity contribution in [2.45, 2.75) is 49.4 Å². The van der Waals surface area contributed by atoms with E-state index in [1.54, 1.807) is 0 Å². The molecule has 160 valence electrons. The molecular weight excluding hydrogens is 414 g/mol. The van der Waals surface area contributed by atoms with Gasteiger partial charge in [-0.2, -0.15) is 13.1 Å². The van der Waals surface area contributed by atoms with Gasteiger partial charge in [-0.3, -0.25) is 5.04 Å². The molecular formula is C17H19F2N2O7S-. The van der Waals surface area contributed by atoms with Gasteiger partial charge in [0.15, 0.2) is 0 Å². The highest BCUT2D eigenvalue weighted by atomic mass is 32.2. The lowest BCUT2D eigenvalue weighted by Gasteiger charge is -2.60. The number of carbonyl (C=O) groups is 2. The third-order valence-electron chi connectivity index (χ3n) is 6.06. The molecule has 1 aromatic rings. The van der Waals surface area contributed by atoms with Gasteiger partial charge < -0.3 is 14.7 Å². The summed E-state index contributed by atoms with van der Waals surface area (Å²) in [6, 6.07) is 0. The van der Waals surface area contributed by atoms with Crippen molar-refractivity contribution in [1.29, 1.82) is 0 Å². The second kappa shape index (κ2) is 7.49. The number of nitrogens with zero attached hydrogens (tertiary/aromatic N) is 2. The van der Waals surface area contributed by atoms with E-state index in [2.05, 4.69) is 14.4 Å². The third-order valence-corrected chi connectivity index (χ3v) is 6.56. The number of halogens is 2. The minimum Gasteiger partial charge on any atom is -0.691 e. The fraction of sp³-hybridized carbons (Fsp3) is 0.706. The number of aromatic nitrogens is 2. The van der Waals surface area contributed by atoms with Crippen LogP contribution in [0.5, 0.6) is 0 Å². The molecule has 0 amide bonds. The minimum absolute atomic E-state index is 0.211. The van der Waals surface area contributed by atoms with Crippen molar-refractivity contribution >= 4 is 24.1 Å². The van der Waals surface area contributed by atoms with Crippen molar-refractivity contribution in [2.24, 2.45) is 17.3 Å². The Hall–Kier alpha value is -1.76. The van der Waals surface area contributed by atoms with Gasteiger partial charge in [0.1, 0.15) is 24.0 Å². The molecule has 9 nitrogen and oxygen atoms in total. The minimum atomic E-state index is -4.07. The lowest BCUT2D eigenvalue weighted by Crippen LogP contribution is -2.59. The zero-order valence-corrected chi connectivity index (χ0v) is 16.1. The molecule has 4 aliphatic rings. The molecule has 0 aliphatic heterocycles. The number of imidazole rings is 1. The molecule has 29 heavy (non-hydrogen) atoms. The second-order valence-electron chi connectivity index (χ2n) is 8.29. The Morgan fingerprint density at radius 1 is 1.28 bits per heavy atom. The van der Waals surface area contributed by atoms with Gasteiger partial charge in [-0.05, 0) is 50.4 Å². The van der Waals surface area contributed by atoms with E-state index < -0.39 is 40.4 Å². The molecule has 12 heteroatoms. The molecule has 0 N–H and O–H groups in total. The van der Waals surface area contributed by atoms with Gasteiger partial charge in [0.2, 0.25) is 0 Å². The van der Waals surface area contributed by atoms with Crippen molar-refractivity contribution in [3.63, 3.8) is 0 Å². The Morgan fingerprint density at radius 3 is 2.62 bits per heavy atom. The van der Waals surface area contributed by atoms with E-state index in [4.69, 9.17) is 9.47 Å². The summed E-state index contributed by atoms with van der Waals surface area (Å²) in [5.74, 6) is -1.25. The molecule has 1 aromatic heterocycles. The van der Waals surface area contributed by atoms with Crippen LogP contribution >= 0.6 is 12.0 Å². The summed E-state index contributed by atoms with van der Waals surface area (Å²) in [4.78, 5) is 28.0. The van der Waals surface area contributed by atoms with Crippen LogP contribution in [0.25, 0.3) is 0 Å². The van der Waals surface area contributed by atoms with E-state index in [1.165, 1.54) is 23.3 Å². The van der Waals surface area contributed by atoms with E-state index in [-0.39, 0.29) is 18.4 Å². The van der Waals surface area contributed by atoms with Crippen molar-refractivity contribution in [3.05, 3.63) is 18.7 Å². The second-order valence-corrected chi connectivity index (χ2v) is 9.11. The van der Waals surface area contributed by atoms with Gasteiger partial charge in [0.05, 0.1) is 6.61 Å². The number of hydrogen-bond acceptors (Lipinski definition) is 9. The first-order chi connectivity index (χ1) is 13.7. The topological polar surface area (TPSA) is 112 Å². The summed E-state index contributed by atoms with van der Waals surface area (Å²) in [7, 11) is 0. The van der Waals surface area contributed by atoms with E-state index in [9.17, 15) is 23.6 Å². The Kier molecular flexibility index (Phi) is 5.30. The first-order valence-corrected chi connectivity index (χ1v) is 9.90. The molecule has 0 radical (unpaired) electrons. The van der Waals surface area contributed by atoms with Crippen LogP contribution in [0.2, 0.25) is 0 Å². The fourth-order valence-electron chi connectivity index (χ4n) is 5.65. The molecule has 2 unspecified atom stereocenters. The Morgan fingerprint density at radius 2 is 2.00 bits per heavy atom. The van der Waals surface area contributed by atoms with Crippen LogP contribution in [-0.2, 0) is 23.6 Å². The number of rotatable bonds is 7. The molecule has 4 bridgehead atoms. The number of hydrogen-bond donors (Lipinski definition) is 0. The summed E-state index contributed by atoms with van der Waals surface area (Å²) >= 11 is -0.711. The van der Waals surface area contributed by atoms with Crippen LogP contribution in [0.15, 0.2) is 18.7 Å². The molecule has 4 aliphatic carbocycles. The van der Waals surface area contributed by atoms with Crippen molar-refractivity contribution in [3.8, 4) is 0 Å². The molecule has 1 heterocycles. The maximum absolute atomic E-state index is 13.6. The number of esters is 1. The van der Waals surface area contributed by atoms with Crippen molar-refractivity contribution < 1.29 is 42.5 Å². The van der Waals surface area contributed by atoms with Crippen LogP contribution in [0.4, 0.5) is 13.6 Å². The van der Waals surface area contributed by atoms with Gasteiger partial charge in [-0.1, -0.05) is 0 Å². The van der Waals surface area contributed by atoms with Gasteiger partial charge in [-0.25, -0.2) is 19.1 Å². The van der Waals surface area contributed by atoms with Crippen molar-refractivity contribution in [2.75, 3.05) is 6.61 Å². The van der Waals surface area contributed by atoms with Crippen LogP contribution in [0.1, 0.15) is 38.5 Å². The predicted octanol–water partition coefficient (Wildman–Crippen LogP) is 2.21. The maximum atomic E-state index is 13.6. The maximum Gasteiger partial charge on any atom is 0.419 e. The summed E-state index contributed by atoms with van der Waals surface area (Å²) in [6.45, 7) is -0.211. The highest BCUT2D eigenvalue weighted by Crippen LogP contribution is 2.63. The van der Waals surface area contributed by atoms with Crippen molar-refractivity contribution in [1.82, 2.24) is 9.55 Å². The largest absolute Gasteiger partial charge is 0.691 e. The zero-order chi connectivity index (χ0) is 20.7. The first-order valence-electron chi connectivity index (χ1n) is 9.16. The quantitative estimate of drug-likeness (QED) is 0.276. The monoisotopic (exact) mass is 433 g/mol. The van der Waals surface area contributed by atoms with Gasteiger partial charge in [-0.15, -0.1) is 0 Å².